The van der Waals surface area contributed by atoms with Crippen molar-refractivity contribution in [2.75, 3.05) is 0 Å². The number of carboxylic acid groups (broad SMARTS) is 1. The zero-order chi connectivity index (χ0) is 16.4. The van der Waals surface area contributed by atoms with Crippen LogP contribution in [0.1, 0.15) is 46.0 Å². The van der Waals surface area contributed by atoms with Gasteiger partial charge in [-0.2, -0.15) is 0 Å². The maximum absolute atomic E-state index is 11.8. The van der Waals surface area contributed by atoms with Gasteiger partial charge in [-0.15, -0.1) is 0 Å². The molecular formula is C16H28N2O4. The first kappa shape index (κ1) is 17.2. The number of nitrogens with one attached hydrogen (secondary N) is 1. The Morgan fingerprint density at radius 2 is 1.95 bits per heavy atom. The standard InChI is InChI=1S/C16H28N2O4/c1-8-10-3-4-11(5-10)12(8)6-14(19)9(2)18-16(22)13(17)7-15(20)21/h8-14,19H,3-7,17H2,1-2H3,(H,18,22)(H,20,21)/t8?,9-,10?,11?,12?,13+,14-/m1/s1. The van der Waals surface area contributed by atoms with Gasteiger partial charge < -0.3 is 21.3 Å². The Kier molecular flexibility index (Phi) is 5.45. The molecule has 0 aliphatic heterocycles. The molecule has 7 atom stereocenters. The van der Waals surface area contributed by atoms with Crippen LogP contribution in [0.25, 0.3) is 0 Å². The summed E-state index contributed by atoms with van der Waals surface area (Å²) in [6, 6.07) is -1.49. The number of aliphatic hydroxyl groups excluding tert-OH is 1. The molecule has 5 N–H and O–H groups in total. The monoisotopic (exact) mass is 312 g/mol. The number of carboxylic acids is 1. The Morgan fingerprint density at radius 3 is 2.50 bits per heavy atom. The fraction of sp³-hybridized carbons (Fsp3) is 0.875. The lowest BCUT2D eigenvalue weighted by Crippen LogP contribution is -2.49. The number of hydrogen-bond donors (Lipinski definition) is 4. The van der Waals surface area contributed by atoms with E-state index in [4.69, 9.17) is 10.8 Å². The fourth-order valence-electron chi connectivity index (χ4n) is 4.30. The zero-order valence-corrected chi connectivity index (χ0v) is 13.4. The maximum atomic E-state index is 11.8. The predicted molar refractivity (Wildman–Crippen MR) is 81.9 cm³/mol. The van der Waals surface area contributed by atoms with Crippen molar-refractivity contribution in [1.29, 1.82) is 0 Å². The zero-order valence-electron chi connectivity index (χ0n) is 13.4. The van der Waals surface area contributed by atoms with E-state index in [1.54, 1.807) is 6.92 Å². The Bertz CT molecular complexity index is 426. The van der Waals surface area contributed by atoms with Crippen LogP contribution in [0.2, 0.25) is 0 Å². The molecule has 0 heterocycles. The summed E-state index contributed by atoms with van der Waals surface area (Å²) in [5.41, 5.74) is 5.53. The van der Waals surface area contributed by atoms with E-state index in [2.05, 4.69) is 12.2 Å². The molecule has 0 aromatic heterocycles. The van der Waals surface area contributed by atoms with E-state index in [9.17, 15) is 14.7 Å². The molecule has 0 saturated heterocycles. The summed E-state index contributed by atoms with van der Waals surface area (Å²) in [6.45, 7) is 4.02. The molecule has 2 saturated carbocycles. The first-order valence-corrected chi connectivity index (χ1v) is 8.25. The van der Waals surface area contributed by atoms with Gasteiger partial charge in [0.25, 0.3) is 0 Å². The SMILES string of the molecule is CC1C2CCC(C2)C1C[C@@H](O)[C@@H](C)NC(=O)[C@@H](N)CC(=O)O. The number of fused-ring (bicyclic) bond motifs is 2. The van der Waals surface area contributed by atoms with Crippen LogP contribution in [0.4, 0.5) is 0 Å². The van der Waals surface area contributed by atoms with Gasteiger partial charge in [0, 0.05) is 0 Å². The van der Waals surface area contributed by atoms with Crippen molar-refractivity contribution in [3.63, 3.8) is 0 Å². The quantitative estimate of drug-likeness (QED) is 0.553. The van der Waals surface area contributed by atoms with E-state index in [0.717, 1.165) is 5.92 Å². The van der Waals surface area contributed by atoms with E-state index in [0.29, 0.717) is 24.2 Å². The first-order valence-electron chi connectivity index (χ1n) is 8.25. The number of aliphatic hydroxyl groups is 1. The summed E-state index contributed by atoms with van der Waals surface area (Å²) >= 11 is 0. The molecule has 2 aliphatic carbocycles. The summed E-state index contributed by atoms with van der Waals surface area (Å²) in [5.74, 6) is 1.07. The lowest BCUT2D eigenvalue weighted by Gasteiger charge is -2.32. The highest BCUT2D eigenvalue weighted by Crippen LogP contribution is 2.53. The molecule has 6 heteroatoms. The minimum Gasteiger partial charge on any atom is -0.481 e. The first-order chi connectivity index (χ1) is 10.3. The van der Waals surface area contributed by atoms with E-state index in [-0.39, 0.29) is 0 Å². The van der Waals surface area contributed by atoms with Gasteiger partial charge in [0.2, 0.25) is 5.91 Å². The van der Waals surface area contributed by atoms with Crippen molar-refractivity contribution in [1.82, 2.24) is 5.32 Å². The number of carbonyl (C=O) groups is 2. The Hall–Kier alpha value is -1.14. The molecule has 0 spiro atoms. The fourth-order valence-corrected chi connectivity index (χ4v) is 4.30. The topological polar surface area (TPSA) is 113 Å². The number of amides is 1. The highest BCUT2D eigenvalue weighted by atomic mass is 16.4. The molecule has 2 bridgehead atoms. The van der Waals surface area contributed by atoms with Crippen LogP contribution in [0.15, 0.2) is 0 Å². The summed E-state index contributed by atoms with van der Waals surface area (Å²) < 4.78 is 0. The predicted octanol–water partition coefficient (Wildman–Crippen LogP) is 0.726. The maximum Gasteiger partial charge on any atom is 0.305 e. The molecule has 0 radical (unpaired) electrons. The lowest BCUT2D eigenvalue weighted by atomic mass is 9.77. The van der Waals surface area contributed by atoms with Crippen LogP contribution in [-0.2, 0) is 9.59 Å². The molecule has 126 valence electrons. The number of hydrogen-bond acceptors (Lipinski definition) is 4. The Balaban J connectivity index is 1.81. The second-order valence-electron chi connectivity index (χ2n) is 7.16. The minimum absolute atomic E-state index is 0.405. The number of aliphatic carboxylic acids is 1. The highest BCUT2D eigenvalue weighted by molar-refractivity contribution is 5.86. The van der Waals surface area contributed by atoms with Crippen molar-refractivity contribution in [2.45, 2.75) is 64.1 Å². The number of rotatable bonds is 7. The number of nitrogens with two attached hydrogens (primary N) is 1. The van der Waals surface area contributed by atoms with E-state index < -0.39 is 36.5 Å². The van der Waals surface area contributed by atoms with Gasteiger partial charge in [-0.25, -0.2) is 0 Å². The normalized spacial score (nSPS) is 34.2. The molecule has 2 aliphatic rings. The summed E-state index contributed by atoms with van der Waals surface area (Å²) in [5, 5.41) is 21.7. The lowest BCUT2D eigenvalue weighted by molar-refractivity contribution is -0.139. The van der Waals surface area contributed by atoms with Crippen LogP contribution < -0.4 is 11.1 Å². The van der Waals surface area contributed by atoms with Gasteiger partial charge >= 0.3 is 5.97 Å². The molecule has 6 nitrogen and oxygen atoms in total. The van der Waals surface area contributed by atoms with Gasteiger partial charge in [0.1, 0.15) is 0 Å². The third-order valence-corrected chi connectivity index (χ3v) is 5.73. The van der Waals surface area contributed by atoms with Crippen molar-refractivity contribution in [2.24, 2.45) is 29.4 Å². The van der Waals surface area contributed by atoms with Crippen LogP contribution in [0.5, 0.6) is 0 Å². The van der Waals surface area contributed by atoms with Crippen molar-refractivity contribution >= 4 is 11.9 Å². The second-order valence-corrected chi connectivity index (χ2v) is 7.16. The third-order valence-electron chi connectivity index (χ3n) is 5.73. The van der Waals surface area contributed by atoms with E-state index in [1.807, 2.05) is 0 Å². The summed E-state index contributed by atoms with van der Waals surface area (Å²) in [6.07, 6.45) is 3.53. The molecule has 2 rings (SSSR count). The highest BCUT2D eigenvalue weighted by Gasteiger charge is 2.45. The third kappa shape index (κ3) is 3.79. The van der Waals surface area contributed by atoms with Crippen LogP contribution in [0.3, 0.4) is 0 Å². The van der Waals surface area contributed by atoms with Crippen molar-refractivity contribution < 1.29 is 19.8 Å². The molecule has 22 heavy (non-hydrogen) atoms. The van der Waals surface area contributed by atoms with Gasteiger partial charge in [0.15, 0.2) is 0 Å². The smallest absolute Gasteiger partial charge is 0.305 e. The second kappa shape index (κ2) is 6.96. The molecular weight excluding hydrogens is 284 g/mol. The minimum atomic E-state index is -1.10. The van der Waals surface area contributed by atoms with Crippen LogP contribution in [0, 0.1) is 23.7 Å². The largest absolute Gasteiger partial charge is 0.481 e. The molecule has 0 aromatic rings. The Labute approximate surface area is 131 Å². The van der Waals surface area contributed by atoms with Gasteiger partial charge in [-0.05, 0) is 56.3 Å². The van der Waals surface area contributed by atoms with Gasteiger partial charge in [-0.1, -0.05) is 6.92 Å². The average Bonchev–Trinajstić information content (AvgIpc) is 3.01. The summed E-state index contributed by atoms with van der Waals surface area (Å²) in [7, 11) is 0. The van der Waals surface area contributed by atoms with Gasteiger partial charge in [-0.3, -0.25) is 9.59 Å². The molecule has 1 amide bonds. The van der Waals surface area contributed by atoms with Crippen molar-refractivity contribution in [3.8, 4) is 0 Å². The van der Waals surface area contributed by atoms with Gasteiger partial charge in [0.05, 0.1) is 24.6 Å². The van der Waals surface area contributed by atoms with E-state index in [1.165, 1.54) is 19.3 Å². The molecule has 2 fully saturated rings. The Morgan fingerprint density at radius 1 is 1.32 bits per heavy atom. The van der Waals surface area contributed by atoms with Crippen LogP contribution in [-0.4, -0.2) is 40.3 Å². The van der Waals surface area contributed by atoms with Crippen LogP contribution >= 0.6 is 0 Å². The van der Waals surface area contributed by atoms with Crippen molar-refractivity contribution in [3.05, 3.63) is 0 Å². The summed E-state index contributed by atoms with van der Waals surface area (Å²) in [4.78, 5) is 22.4. The molecule has 0 aromatic carbocycles. The average molecular weight is 312 g/mol. The number of carbonyl (C=O) groups excluding carboxylic acids is 1. The van der Waals surface area contributed by atoms with E-state index >= 15 is 0 Å². The molecule has 4 unspecified atom stereocenters.